The summed E-state index contributed by atoms with van der Waals surface area (Å²) in [6, 6.07) is 9.99. The van der Waals surface area contributed by atoms with Crippen molar-refractivity contribution in [2.24, 2.45) is 35.5 Å². The Morgan fingerprint density at radius 2 is 0.867 bits per heavy atom. The lowest BCUT2D eigenvalue weighted by atomic mass is 9.81. The molecule has 60 heavy (non-hydrogen) atoms. The van der Waals surface area contributed by atoms with Crippen molar-refractivity contribution in [1.82, 2.24) is 19.6 Å². The van der Waals surface area contributed by atoms with Gasteiger partial charge >= 0.3 is 0 Å². The van der Waals surface area contributed by atoms with Gasteiger partial charge in [0, 0.05) is 105 Å². The molecule has 0 radical (unpaired) electrons. The van der Waals surface area contributed by atoms with Gasteiger partial charge in [0.2, 0.25) is 23.6 Å². The number of anilines is 3. The summed E-state index contributed by atoms with van der Waals surface area (Å²) >= 11 is 12.0. The molecular weight excluding hydrogens is 807 g/mol. The van der Waals surface area contributed by atoms with Gasteiger partial charge in [-0.1, -0.05) is 23.2 Å². The van der Waals surface area contributed by atoms with E-state index < -0.39 is 4.92 Å². The molecule has 16 heteroatoms. The van der Waals surface area contributed by atoms with Crippen molar-refractivity contribution in [3.8, 4) is 0 Å². The third-order valence-corrected chi connectivity index (χ3v) is 13.9. The van der Waals surface area contributed by atoms with Crippen LogP contribution in [0.25, 0.3) is 0 Å². The highest BCUT2D eigenvalue weighted by molar-refractivity contribution is 6.31. The Kier molecular flexibility index (Phi) is 14.6. The maximum atomic E-state index is 12.9. The zero-order valence-electron chi connectivity index (χ0n) is 34.5. The predicted molar refractivity (Wildman–Crippen MR) is 234 cm³/mol. The number of amides is 4. The van der Waals surface area contributed by atoms with Gasteiger partial charge in [-0.3, -0.25) is 29.3 Å². The molecule has 0 unspecified atom stereocenters. The fraction of sp³-hybridized carbons (Fsp3) is 0.636. The smallest absolute Gasteiger partial charge is 0.292 e. The van der Waals surface area contributed by atoms with E-state index in [1.807, 2.05) is 31.7 Å². The number of nitrogens with zero attached hydrogens (tertiary/aromatic N) is 5. The maximum absolute atomic E-state index is 12.9. The first-order valence-electron chi connectivity index (χ1n) is 22.0. The minimum absolute atomic E-state index is 0.0209. The molecule has 0 bridgehead atoms. The number of nitrogens with two attached hydrogens (primary N) is 1. The van der Waals surface area contributed by atoms with E-state index in [1.54, 1.807) is 12.1 Å². The Morgan fingerprint density at radius 3 is 1.22 bits per heavy atom. The number of nitrogen functional groups attached to an aromatic ring is 1. The first-order chi connectivity index (χ1) is 28.9. The summed E-state index contributed by atoms with van der Waals surface area (Å²) in [5.74, 6) is 2.66. The molecule has 14 nitrogen and oxygen atoms in total. The van der Waals surface area contributed by atoms with Crippen LogP contribution >= 0.6 is 23.2 Å². The van der Waals surface area contributed by atoms with E-state index in [0.29, 0.717) is 98.1 Å². The Labute approximate surface area is 363 Å². The Hall–Kier alpha value is -4.30. The zero-order chi connectivity index (χ0) is 42.3. The van der Waals surface area contributed by atoms with Gasteiger partial charge < -0.3 is 36.0 Å². The topological polar surface area (TPSA) is 174 Å². The average Bonchev–Trinajstić information content (AvgIpc) is 4.21. The molecule has 2 aromatic carbocycles. The molecule has 2 saturated heterocycles. The van der Waals surface area contributed by atoms with E-state index in [1.165, 1.54) is 12.1 Å². The molecule has 6 fully saturated rings. The quantitative estimate of drug-likeness (QED) is 0.125. The van der Waals surface area contributed by atoms with Crippen LogP contribution in [0.5, 0.6) is 0 Å². The molecule has 4 saturated carbocycles. The molecule has 0 spiro atoms. The minimum atomic E-state index is -0.411. The van der Waals surface area contributed by atoms with Crippen molar-refractivity contribution in [1.29, 1.82) is 0 Å². The van der Waals surface area contributed by atoms with Gasteiger partial charge in [-0.05, 0) is 119 Å². The van der Waals surface area contributed by atoms with Gasteiger partial charge in [-0.2, -0.15) is 0 Å². The third-order valence-electron chi connectivity index (χ3n) is 13.4. The lowest BCUT2D eigenvalue weighted by Gasteiger charge is -2.38. The monoisotopic (exact) mass is 866 g/mol. The van der Waals surface area contributed by atoms with Crippen molar-refractivity contribution < 1.29 is 24.1 Å². The van der Waals surface area contributed by atoms with Crippen LogP contribution in [0.1, 0.15) is 77.0 Å². The summed E-state index contributed by atoms with van der Waals surface area (Å²) in [6.45, 7) is 6.83. The van der Waals surface area contributed by atoms with Crippen LogP contribution in [-0.2, 0) is 19.2 Å². The van der Waals surface area contributed by atoms with Gasteiger partial charge in [0.1, 0.15) is 5.69 Å². The molecular formula is C44H60Cl2N8O6. The molecule has 0 atom stereocenters. The summed E-state index contributed by atoms with van der Waals surface area (Å²) in [7, 11) is 0. The summed E-state index contributed by atoms with van der Waals surface area (Å²) < 4.78 is 0. The van der Waals surface area contributed by atoms with Crippen LogP contribution in [0.4, 0.5) is 22.7 Å². The van der Waals surface area contributed by atoms with Crippen LogP contribution in [-0.4, -0.2) is 114 Å². The maximum Gasteiger partial charge on any atom is 0.292 e. The van der Waals surface area contributed by atoms with E-state index in [-0.39, 0.29) is 47.1 Å². The predicted octanol–water partition coefficient (Wildman–Crippen LogP) is 6.77. The molecule has 0 aromatic heterocycles. The standard InChI is InChI=1S/C22H29ClN4O4.C22H31ClN4O2/c23-18-7-8-20(27(30)31)19(13-18)24-14-15-1-3-16(4-2-15)21(28)25-9-11-26(12-10-25)22(29)17-5-6-17;23-18-7-8-19(24)20(13-18)25-14-15-1-3-16(4-2-15)21(28)26-9-11-27(12-10-26)22(29)17-5-6-17/h7-8,13,15-17,24H,1-6,9-12,14H2;7-8,13,15-17,25H,1-6,9-12,14,24H2. The van der Waals surface area contributed by atoms with Crippen LogP contribution < -0.4 is 16.4 Å². The number of benzene rings is 2. The lowest BCUT2D eigenvalue weighted by molar-refractivity contribution is -0.384. The van der Waals surface area contributed by atoms with Crippen LogP contribution in [0.3, 0.4) is 0 Å². The molecule has 2 aromatic rings. The molecule has 6 aliphatic rings. The fourth-order valence-electron chi connectivity index (χ4n) is 9.21. The van der Waals surface area contributed by atoms with Crippen molar-refractivity contribution >= 4 is 69.6 Å². The number of carbonyl (C=O) groups is 4. The normalized spacial score (nSPS) is 24.5. The van der Waals surface area contributed by atoms with Crippen LogP contribution in [0.15, 0.2) is 36.4 Å². The molecule has 326 valence electrons. The van der Waals surface area contributed by atoms with Crippen molar-refractivity contribution in [3.05, 3.63) is 56.6 Å². The second-order valence-electron chi connectivity index (χ2n) is 17.7. The van der Waals surface area contributed by atoms with Crippen LogP contribution in [0.2, 0.25) is 10.0 Å². The van der Waals surface area contributed by atoms with Gasteiger partial charge in [0.25, 0.3) is 5.69 Å². The minimum Gasteiger partial charge on any atom is -0.397 e. The first-order valence-corrected chi connectivity index (χ1v) is 22.8. The van der Waals surface area contributed by atoms with Crippen molar-refractivity contribution in [2.75, 3.05) is 81.8 Å². The van der Waals surface area contributed by atoms with E-state index >= 15 is 0 Å². The molecule has 4 aliphatic carbocycles. The van der Waals surface area contributed by atoms with Gasteiger partial charge in [0.15, 0.2) is 0 Å². The second-order valence-corrected chi connectivity index (χ2v) is 18.6. The number of piperazine rings is 2. The number of nitro benzene ring substituents is 1. The highest BCUT2D eigenvalue weighted by Gasteiger charge is 2.38. The van der Waals surface area contributed by atoms with E-state index in [9.17, 15) is 29.3 Å². The Morgan fingerprint density at radius 1 is 0.550 bits per heavy atom. The fourth-order valence-corrected chi connectivity index (χ4v) is 9.56. The molecule has 2 heterocycles. The number of nitrogens with one attached hydrogen (secondary N) is 2. The molecule has 2 aliphatic heterocycles. The lowest BCUT2D eigenvalue weighted by Crippen LogP contribution is -2.52. The van der Waals surface area contributed by atoms with Gasteiger partial charge in [-0.25, -0.2) is 0 Å². The van der Waals surface area contributed by atoms with Crippen molar-refractivity contribution in [3.63, 3.8) is 0 Å². The first kappa shape index (κ1) is 43.8. The molecule has 4 N–H and O–H groups in total. The van der Waals surface area contributed by atoms with Crippen molar-refractivity contribution in [2.45, 2.75) is 77.0 Å². The number of hydrogen-bond acceptors (Lipinski definition) is 9. The summed E-state index contributed by atoms with van der Waals surface area (Å²) in [5.41, 5.74) is 8.05. The second kappa shape index (κ2) is 20.0. The van der Waals surface area contributed by atoms with Gasteiger partial charge in [-0.15, -0.1) is 0 Å². The molecule has 4 amide bonds. The Balaban J connectivity index is 0.000000182. The van der Waals surface area contributed by atoms with E-state index in [2.05, 4.69) is 10.6 Å². The Bertz CT molecular complexity index is 1860. The zero-order valence-corrected chi connectivity index (χ0v) is 36.0. The largest absolute Gasteiger partial charge is 0.397 e. The van der Waals surface area contributed by atoms with E-state index in [4.69, 9.17) is 28.9 Å². The summed E-state index contributed by atoms with van der Waals surface area (Å²) in [4.78, 5) is 68.8. The van der Waals surface area contributed by atoms with Crippen LogP contribution in [0, 0.1) is 45.6 Å². The molecule has 8 rings (SSSR count). The highest BCUT2D eigenvalue weighted by atomic mass is 35.5. The number of halogens is 2. The number of carbonyl (C=O) groups excluding carboxylic acids is 4. The number of nitro groups is 1. The average molecular weight is 868 g/mol. The van der Waals surface area contributed by atoms with Gasteiger partial charge in [0.05, 0.1) is 16.3 Å². The van der Waals surface area contributed by atoms with E-state index in [0.717, 1.165) is 89.3 Å². The number of hydrogen-bond donors (Lipinski definition) is 3. The third kappa shape index (κ3) is 11.5. The number of rotatable bonds is 11. The SMILES string of the molecule is Nc1ccc(Cl)cc1NCC1CCC(C(=O)N2CCN(C(=O)C3CC3)CC2)CC1.O=C(C1CCC(CNc2cc(Cl)ccc2[N+](=O)[O-])CC1)N1CCN(C(=O)C2CC2)CC1. The summed E-state index contributed by atoms with van der Waals surface area (Å²) in [5, 5.41) is 18.9. The summed E-state index contributed by atoms with van der Waals surface area (Å²) in [6.07, 6.45) is 11.6. The highest BCUT2D eigenvalue weighted by Crippen LogP contribution is 2.36.